The molecule has 0 spiro atoms. The van der Waals surface area contributed by atoms with Crippen LogP contribution in [-0.2, 0) is 16.1 Å². The van der Waals surface area contributed by atoms with Gasteiger partial charge in [0.2, 0.25) is 0 Å². The summed E-state index contributed by atoms with van der Waals surface area (Å²) < 4.78 is 18.4. The number of hydrogen-bond donors (Lipinski definition) is 0. The molecule has 0 radical (unpaired) electrons. The molecule has 1 saturated carbocycles. The molecule has 0 amide bonds. The second-order valence-corrected chi connectivity index (χ2v) is 3.40. The summed E-state index contributed by atoms with van der Waals surface area (Å²) in [5, 5.41) is 0. The van der Waals surface area contributed by atoms with E-state index in [9.17, 15) is 9.18 Å². The molecule has 0 N–H and O–H groups in total. The fraction of sp³-hybridized carbons (Fsp3) is 0.364. The number of ketones is 1. The van der Waals surface area contributed by atoms with Crippen LogP contribution >= 0.6 is 0 Å². The summed E-state index contributed by atoms with van der Waals surface area (Å²) in [7, 11) is 0. The lowest BCUT2D eigenvalue weighted by atomic mass is 9.94. The lowest BCUT2D eigenvalue weighted by molar-refractivity contribution is -0.141. The highest BCUT2D eigenvalue weighted by Crippen LogP contribution is 2.20. The Balaban J connectivity index is 1.91. The zero-order valence-corrected chi connectivity index (χ0v) is 7.70. The van der Waals surface area contributed by atoms with Gasteiger partial charge in [-0.05, 0) is 12.5 Å². The topological polar surface area (TPSA) is 26.3 Å². The molecule has 1 aromatic carbocycles. The molecule has 1 aliphatic carbocycles. The van der Waals surface area contributed by atoms with E-state index in [-0.39, 0.29) is 24.3 Å². The zero-order valence-electron chi connectivity index (χ0n) is 7.70. The van der Waals surface area contributed by atoms with E-state index in [0.29, 0.717) is 12.0 Å². The summed E-state index contributed by atoms with van der Waals surface area (Å²) in [6, 6.07) is 6.44. The molecule has 1 aliphatic rings. The summed E-state index contributed by atoms with van der Waals surface area (Å²) in [6.45, 7) is 0.184. The number of benzene rings is 1. The number of halogens is 1. The predicted molar refractivity (Wildman–Crippen MR) is 49.2 cm³/mol. The molecular weight excluding hydrogens is 183 g/mol. The molecule has 3 heteroatoms. The van der Waals surface area contributed by atoms with E-state index in [4.69, 9.17) is 4.74 Å². The van der Waals surface area contributed by atoms with Crippen LogP contribution in [0.5, 0.6) is 0 Å². The standard InChI is InChI=1S/C11H11FO2/c12-9-4-2-1-3-8(9)7-14-11-6-5-10(11)13/h1-4,11H,5-7H2. The second-order valence-electron chi connectivity index (χ2n) is 3.40. The third-order valence-electron chi connectivity index (χ3n) is 2.41. The quantitative estimate of drug-likeness (QED) is 0.736. The maximum atomic E-state index is 13.1. The van der Waals surface area contributed by atoms with E-state index in [0.717, 1.165) is 6.42 Å². The molecule has 14 heavy (non-hydrogen) atoms. The van der Waals surface area contributed by atoms with Crippen LogP contribution in [0.4, 0.5) is 4.39 Å². The van der Waals surface area contributed by atoms with Crippen molar-refractivity contribution in [1.29, 1.82) is 0 Å². The van der Waals surface area contributed by atoms with Crippen molar-refractivity contribution < 1.29 is 13.9 Å². The van der Waals surface area contributed by atoms with Gasteiger partial charge in [0.05, 0.1) is 6.61 Å². The van der Waals surface area contributed by atoms with Crippen molar-refractivity contribution in [2.45, 2.75) is 25.6 Å². The number of carbonyl (C=O) groups is 1. The van der Waals surface area contributed by atoms with Crippen LogP contribution in [0.1, 0.15) is 18.4 Å². The van der Waals surface area contributed by atoms with E-state index in [1.54, 1.807) is 18.2 Å². The Morgan fingerprint density at radius 1 is 1.43 bits per heavy atom. The van der Waals surface area contributed by atoms with Crippen LogP contribution in [0.3, 0.4) is 0 Å². The van der Waals surface area contributed by atoms with Crippen LogP contribution in [0.25, 0.3) is 0 Å². The minimum atomic E-state index is -0.297. The number of carbonyl (C=O) groups excluding carboxylic acids is 1. The first kappa shape index (κ1) is 9.34. The normalized spacial score (nSPS) is 20.6. The van der Waals surface area contributed by atoms with Gasteiger partial charge >= 0.3 is 0 Å². The van der Waals surface area contributed by atoms with E-state index < -0.39 is 0 Å². The van der Waals surface area contributed by atoms with Crippen LogP contribution in [0, 0.1) is 5.82 Å². The monoisotopic (exact) mass is 194 g/mol. The number of ether oxygens (including phenoxy) is 1. The molecule has 2 nitrogen and oxygen atoms in total. The lowest BCUT2D eigenvalue weighted by Gasteiger charge is -2.23. The lowest BCUT2D eigenvalue weighted by Crippen LogP contribution is -2.34. The molecule has 2 rings (SSSR count). The Morgan fingerprint density at radius 3 is 2.79 bits per heavy atom. The maximum Gasteiger partial charge on any atom is 0.161 e. The molecular formula is C11H11FO2. The number of hydrogen-bond acceptors (Lipinski definition) is 2. The zero-order chi connectivity index (χ0) is 9.97. The number of Topliss-reactive ketones (excluding diaryl/α,β-unsaturated/α-hetero) is 1. The summed E-state index contributed by atoms with van der Waals surface area (Å²) in [4.78, 5) is 10.9. The van der Waals surface area contributed by atoms with Gasteiger partial charge in [0.25, 0.3) is 0 Å². The van der Waals surface area contributed by atoms with Crippen molar-refractivity contribution >= 4 is 5.78 Å². The van der Waals surface area contributed by atoms with Gasteiger partial charge in [-0.2, -0.15) is 0 Å². The molecule has 0 heterocycles. The molecule has 0 saturated heterocycles. The van der Waals surface area contributed by atoms with Gasteiger partial charge < -0.3 is 4.74 Å². The predicted octanol–water partition coefficient (Wildman–Crippen LogP) is 2.07. The summed E-state index contributed by atoms with van der Waals surface area (Å²) in [5.41, 5.74) is 0.507. The number of rotatable bonds is 3. The molecule has 0 aromatic heterocycles. The fourth-order valence-electron chi connectivity index (χ4n) is 1.36. The molecule has 0 bridgehead atoms. The van der Waals surface area contributed by atoms with Gasteiger partial charge in [-0.15, -0.1) is 0 Å². The second kappa shape index (κ2) is 3.88. The Kier molecular flexibility index (Phi) is 2.59. The van der Waals surface area contributed by atoms with E-state index in [2.05, 4.69) is 0 Å². The average Bonchev–Trinajstić information content (AvgIpc) is 2.19. The van der Waals surface area contributed by atoms with Gasteiger partial charge in [0.15, 0.2) is 5.78 Å². The van der Waals surface area contributed by atoms with Crippen LogP contribution in [0.15, 0.2) is 24.3 Å². The Morgan fingerprint density at radius 2 is 2.21 bits per heavy atom. The van der Waals surface area contributed by atoms with Gasteiger partial charge in [0, 0.05) is 12.0 Å². The van der Waals surface area contributed by atoms with Crippen molar-refractivity contribution in [3.05, 3.63) is 35.6 Å². The maximum absolute atomic E-state index is 13.1. The molecule has 1 aromatic rings. The summed E-state index contributed by atoms with van der Waals surface area (Å²) >= 11 is 0. The SMILES string of the molecule is O=C1CCC1OCc1ccccc1F. The Hall–Kier alpha value is -1.22. The largest absolute Gasteiger partial charge is 0.366 e. The Bertz CT molecular complexity index is 349. The summed E-state index contributed by atoms with van der Waals surface area (Å²) in [5.74, 6) is -0.152. The molecule has 74 valence electrons. The molecule has 1 unspecified atom stereocenters. The van der Waals surface area contributed by atoms with Gasteiger partial charge in [0.1, 0.15) is 11.9 Å². The summed E-state index contributed by atoms with van der Waals surface area (Å²) in [6.07, 6.45) is 1.07. The highest BCUT2D eigenvalue weighted by Gasteiger charge is 2.28. The van der Waals surface area contributed by atoms with Crippen LogP contribution in [-0.4, -0.2) is 11.9 Å². The highest BCUT2D eigenvalue weighted by atomic mass is 19.1. The van der Waals surface area contributed by atoms with Gasteiger partial charge in [-0.1, -0.05) is 18.2 Å². The minimum Gasteiger partial charge on any atom is -0.366 e. The van der Waals surface area contributed by atoms with Crippen molar-refractivity contribution in [2.75, 3.05) is 0 Å². The fourth-order valence-corrected chi connectivity index (χ4v) is 1.36. The first-order chi connectivity index (χ1) is 6.77. The van der Waals surface area contributed by atoms with Gasteiger partial charge in [-0.25, -0.2) is 4.39 Å². The average molecular weight is 194 g/mol. The first-order valence-corrected chi connectivity index (χ1v) is 4.65. The Labute approximate surface area is 81.7 Å². The smallest absolute Gasteiger partial charge is 0.161 e. The van der Waals surface area contributed by atoms with Crippen molar-refractivity contribution in [2.24, 2.45) is 0 Å². The third kappa shape index (κ3) is 1.82. The molecule has 1 fully saturated rings. The minimum absolute atomic E-state index is 0.126. The van der Waals surface area contributed by atoms with Gasteiger partial charge in [-0.3, -0.25) is 4.79 Å². The van der Waals surface area contributed by atoms with Crippen molar-refractivity contribution in [3.8, 4) is 0 Å². The van der Waals surface area contributed by atoms with Crippen LogP contribution < -0.4 is 0 Å². The van der Waals surface area contributed by atoms with Crippen LogP contribution in [0.2, 0.25) is 0 Å². The molecule has 0 aliphatic heterocycles. The first-order valence-electron chi connectivity index (χ1n) is 4.65. The van der Waals surface area contributed by atoms with E-state index in [1.165, 1.54) is 6.07 Å². The van der Waals surface area contributed by atoms with Crippen molar-refractivity contribution in [3.63, 3.8) is 0 Å². The molecule has 1 atom stereocenters. The van der Waals surface area contributed by atoms with E-state index in [1.807, 2.05) is 0 Å². The van der Waals surface area contributed by atoms with Crippen molar-refractivity contribution in [1.82, 2.24) is 0 Å². The third-order valence-corrected chi connectivity index (χ3v) is 2.41. The highest BCUT2D eigenvalue weighted by molar-refractivity contribution is 5.88. The van der Waals surface area contributed by atoms with E-state index >= 15 is 0 Å².